The Balaban J connectivity index is 1.86. The Morgan fingerprint density at radius 1 is 1.48 bits per heavy atom. The van der Waals surface area contributed by atoms with E-state index in [-0.39, 0.29) is 12.1 Å². The lowest BCUT2D eigenvalue weighted by Gasteiger charge is -2.23. The number of aliphatic hydroxyl groups excluding tert-OH is 1. The number of β-amino-alcohol motifs (C(OH)–C–C–N with tert-alkyl or cyclic N) is 1. The lowest BCUT2D eigenvalue weighted by Crippen LogP contribution is -2.42. The minimum Gasteiger partial charge on any atom is -0.491 e. The molecule has 0 bridgehead atoms. The molecule has 2 rings (SSSR count). The fourth-order valence-corrected chi connectivity index (χ4v) is 1.84. The standard InChI is InChI=1S/C15H22N2O4/c1-15(2,3)17-8-11(18)9-20-12-5-4-10-7-16-14(19)21-13(10)6-12/h4-6,11,17-18H,7-9H2,1-3H3,(H,16,19). The normalized spacial score (nSPS) is 15.7. The lowest BCUT2D eigenvalue weighted by molar-refractivity contribution is 0.0998. The Kier molecular flexibility index (Phi) is 4.69. The highest BCUT2D eigenvalue weighted by Crippen LogP contribution is 2.27. The molecule has 1 aromatic carbocycles. The van der Waals surface area contributed by atoms with Gasteiger partial charge in [0.05, 0.1) is 0 Å². The summed E-state index contributed by atoms with van der Waals surface area (Å²) in [6.45, 7) is 7.18. The van der Waals surface area contributed by atoms with Crippen LogP contribution in [-0.4, -0.2) is 36.0 Å². The highest BCUT2D eigenvalue weighted by atomic mass is 16.6. The second-order valence-corrected chi connectivity index (χ2v) is 6.11. The number of ether oxygens (including phenoxy) is 2. The smallest absolute Gasteiger partial charge is 0.412 e. The van der Waals surface area contributed by atoms with E-state index in [1.807, 2.05) is 26.8 Å². The zero-order chi connectivity index (χ0) is 15.5. The van der Waals surface area contributed by atoms with Crippen LogP contribution in [0.15, 0.2) is 18.2 Å². The first kappa shape index (κ1) is 15.6. The van der Waals surface area contributed by atoms with Crippen LogP contribution in [0, 0.1) is 0 Å². The van der Waals surface area contributed by atoms with E-state index in [0.29, 0.717) is 24.6 Å². The zero-order valence-corrected chi connectivity index (χ0v) is 12.6. The van der Waals surface area contributed by atoms with Gasteiger partial charge in [-0.15, -0.1) is 0 Å². The topological polar surface area (TPSA) is 79.8 Å². The summed E-state index contributed by atoms with van der Waals surface area (Å²) in [6.07, 6.45) is -1.07. The van der Waals surface area contributed by atoms with E-state index in [4.69, 9.17) is 9.47 Å². The van der Waals surface area contributed by atoms with Crippen molar-refractivity contribution < 1.29 is 19.4 Å². The van der Waals surface area contributed by atoms with Gasteiger partial charge in [-0.2, -0.15) is 0 Å². The molecule has 116 valence electrons. The van der Waals surface area contributed by atoms with Crippen molar-refractivity contribution in [1.29, 1.82) is 0 Å². The zero-order valence-electron chi connectivity index (χ0n) is 12.6. The van der Waals surface area contributed by atoms with Crippen molar-refractivity contribution in [1.82, 2.24) is 10.6 Å². The predicted molar refractivity (Wildman–Crippen MR) is 78.6 cm³/mol. The Bertz CT molecular complexity index is 511. The maximum absolute atomic E-state index is 11.2. The molecule has 0 saturated carbocycles. The number of rotatable bonds is 5. The van der Waals surface area contributed by atoms with Gasteiger partial charge in [0.1, 0.15) is 24.2 Å². The van der Waals surface area contributed by atoms with Gasteiger partial charge in [-0.25, -0.2) is 4.79 Å². The van der Waals surface area contributed by atoms with Crippen molar-refractivity contribution in [2.45, 2.75) is 39.0 Å². The van der Waals surface area contributed by atoms with E-state index in [1.54, 1.807) is 12.1 Å². The number of benzene rings is 1. The summed E-state index contributed by atoms with van der Waals surface area (Å²) in [5.74, 6) is 1.07. The largest absolute Gasteiger partial charge is 0.491 e. The molecule has 21 heavy (non-hydrogen) atoms. The number of fused-ring (bicyclic) bond motifs is 1. The maximum atomic E-state index is 11.2. The highest BCUT2D eigenvalue weighted by molar-refractivity contribution is 5.73. The number of amides is 1. The summed E-state index contributed by atoms with van der Waals surface area (Å²) >= 11 is 0. The summed E-state index contributed by atoms with van der Waals surface area (Å²) in [5.41, 5.74) is 0.852. The van der Waals surface area contributed by atoms with Crippen molar-refractivity contribution >= 4 is 6.09 Å². The molecule has 1 heterocycles. The van der Waals surface area contributed by atoms with Crippen molar-refractivity contribution in [2.24, 2.45) is 0 Å². The second-order valence-electron chi connectivity index (χ2n) is 6.11. The van der Waals surface area contributed by atoms with Gasteiger partial charge in [-0.1, -0.05) is 0 Å². The molecule has 0 radical (unpaired) electrons. The van der Waals surface area contributed by atoms with Crippen molar-refractivity contribution in [3.63, 3.8) is 0 Å². The first-order valence-electron chi connectivity index (χ1n) is 6.98. The predicted octanol–water partition coefficient (Wildman–Crippen LogP) is 1.42. The minimum absolute atomic E-state index is 0.0476. The minimum atomic E-state index is -0.607. The summed E-state index contributed by atoms with van der Waals surface area (Å²) in [6, 6.07) is 5.30. The Morgan fingerprint density at radius 2 is 2.24 bits per heavy atom. The monoisotopic (exact) mass is 294 g/mol. The quantitative estimate of drug-likeness (QED) is 0.765. The van der Waals surface area contributed by atoms with Gasteiger partial charge in [-0.05, 0) is 32.9 Å². The van der Waals surface area contributed by atoms with Crippen LogP contribution in [-0.2, 0) is 6.54 Å². The molecule has 0 saturated heterocycles. The number of nitrogens with one attached hydrogen (secondary N) is 2. The molecule has 0 aromatic heterocycles. The van der Waals surface area contributed by atoms with Crippen LogP contribution >= 0.6 is 0 Å². The number of aliphatic hydroxyl groups is 1. The molecule has 1 unspecified atom stereocenters. The average molecular weight is 294 g/mol. The maximum Gasteiger partial charge on any atom is 0.412 e. The first-order chi connectivity index (χ1) is 9.83. The number of carbonyl (C=O) groups excluding carboxylic acids is 1. The number of hydrogen-bond acceptors (Lipinski definition) is 5. The van der Waals surface area contributed by atoms with Gasteiger partial charge in [0, 0.05) is 30.3 Å². The fraction of sp³-hybridized carbons (Fsp3) is 0.533. The first-order valence-corrected chi connectivity index (χ1v) is 6.98. The van der Waals surface area contributed by atoms with E-state index in [1.165, 1.54) is 0 Å². The molecule has 1 aromatic rings. The molecule has 1 aliphatic heterocycles. The third-order valence-corrected chi connectivity index (χ3v) is 2.97. The average Bonchev–Trinajstić information content (AvgIpc) is 2.41. The molecule has 0 aliphatic carbocycles. The van der Waals surface area contributed by atoms with Crippen LogP contribution in [0.1, 0.15) is 26.3 Å². The molecular weight excluding hydrogens is 272 g/mol. The molecule has 1 amide bonds. The SMILES string of the molecule is CC(C)(C)NCC(O)COc1ccc2c(c1)OC(=O)NC2. The molecule has 1 aliphatic rings. The molecular formula is C15H22N2O4. The highest BCUT2D eigenvalue weighted by Gasteiger charge is 2.17. The van der Waals surface area contributed by atoms with E-state index in [0.717, 1.165) is 5.56 Å². The molecule has 0 fully saturated rings. The number of carbonyl (C=O) groups is 1. The van der Waals surface area contributed by atoms with Crippen LogP contribution in [0.2, 0.25) is 0 Å². The molecule has 1 atom stereocenters. The van der Waals surface area contributed by atoms with Crippen LogP contribution < -0.4 is 20.1 Å². The van der Waals surface area contributed by atoms with Gasteiger partial charge in [-0.3, -0.25) is 0 Å². The summed E-state index contributed by atoms with van der Waals surface area (Å²) in [7, 11) is 0. The Labute approximate surface area is 124 Å². The third-order valence-electron chi connectivity index (χ3n) is 2.97. The van der Waals surface area contributed by atoms with Crippen LogP contribution in [0.3, 0.4) is 0 Å². The lowest BCUT2D eigenvalue weighted by atomic mass is 10.1. The van der Waals surface area contributed by atoms with Crippen LogP contribution in [0.25, 0.3) is 0 Å². The molecule has 3 N–H and O–H groups in total. The second kappa shape index (κ2) is 6.32. The fourth-order valence-electron chi connectivity index (χ4n) is 1.84. The Hall–Kier alpha value is -1.79. The summed E-state index contributed by atoms with van der Waals surface area (Å²) < 4.78 is 10.6. The molecule has 6 heteroatoms. The van der Waals surface area contributed by atoms with E-state index < -0.39 is 12.2 Å². The van der Waals surface area contributed by atoms with Crippen molar-refractivity contribution in [3.8, 4) is 11.5 Å². The van der Waals surface area contributed by atoms with Gasteiger partial charge < -0.3 is 25.2 Å². The van der Waals surface area contributed by atoms with Crippen LogP contribution in [0.5, 0.6) is 11.5 Å². The van der Waals surface area contributed by atoms with Gasteiger partial charge >= 0.3 is 6.09 Å². The molecule has 6 nitrogen and oxygen atoms in total. The van der Waals surface area contributed by atoms with Crippen LogP contribution in [0.4, 0.5) is 4.79 Å². The van der Waals surface area contributed by atoms with Gasteiger partial charge in [0.2, 0.25) is 0 Å². The van der Waals surface area contributed by atoms with Crippen molar-refractivity contribution in [3.05, 3.63) is 23.8 Å². The van der Waals surface area contributed by atoms with E-state index in [9.17, 15) is 9.90 Å². The van der Waals surface area contributed by atoms with E-state index >= 15 is 0 Å². The number of hydrogen-bond donors (Lipinski definition) is 3. The summed E-state index contributed by atoms with van der Waals surface area (Å²) in [5, 5.41) is 15.7. The van der Waals surface area contributed by atoms with Gasteiger partial charge in [0.25, 0.3) is 0 Å². The Morgan fingerprint density at radius 3 is 2.95 bits per heavy atom. The van der Waals surface area contributed by atoms with Crippen molar-refractivity contribution in [2.75, 3.05) is 13.2 Å². The molecule has 0 spiro atoms. The van der Waals surface area contributed by atoms with Gasteiger partial charge in [0.15, 0.2) is 0 Å². The summed E-state index contributed by atoms with van der Waals surface area (Å²) in [4.78, 5) is 11.2. The third kappa shape index (κ3) is 4.91. The van der Waals surface area contributed by atoms with E-state index in [2.05, 4.69) is 10.6 Å².